The fourth-order valence-corrected chi connectivity index (χ4v) is 2.36. The Hall–Kier alpha value is -3.21. The molecule has 5 nitrogen and oxygen atoms in total. The van der Waals surface area contributed by atoms with E-state index in [0.717, 1.165) is 16.9 Å². The van der Waals surface area contributed by atoms with Crippen LogP contribution in [-0.4, -0.2) is 15.9 Å². The van der Waals surface area contributed by atoms with Crippen LogP contribution in [0.1, 0.15) is 27.2 Å². The number of amides is 1. The molecule has 1 aromatic carbocycles. The summed E-state index contributed by atoms with van der Waals surface area (Å²) in [5.41, 5.74) is 5.65. The molecular weight excluding hydrogens is 312 g/mol. The highest BCUT2D eigenvalue weighted by atomic mass is 16.1. The Morgan fingerprint density at radius 2 is 1.84 bits per heavy atom. The van der Waals surface area contributed by atoms with Gasteiger partial charge in [-0.25, -0.2) is 4.98 Å². The summed E-state index contributed by atoms with van der Waals surface area (Å²) in [5, 5.41) is 6.13. The van der Waals surface area contributed by atoms with E-state index in [2.05, 4.69) is 46.6 Å². The molecule has 2 N–H and O–H groups in total. The van der Waals surface area contributed by atoms with Crippen LogP contribution in [0.25, 0.3) is 0 Å². The quantitative estimate of drug-likeness (QED) is 0.746. The Morgan fingerprint density at radius 1 is 1.00 bits per heavy atom. The van der Waals surface area contributed by atoms with Crippen LogP contribution in [0.4, 0.5) is 11.4 Å². The molecule has 0 radical (unpaired) electrons. The first kappa shape index (κ1) is 16.6. The molecule has 0 saturated heterocycles. The highest BCUT2D eigenvalue weighted by molar-refractivity contribution is 5.92. The molecule has 3 rings (SSSR count). The standard InChI is InChI=1S/C20H20N4O/c1-14-5-6-17(10-15(14)2)24-18-7-8-19(22-13-18)20(25)23-12-16-4-3-9-21-11-16/h3-11,13,24H,12H2,1-2H3,(H,23,25). The molecule has 0 saturated carbocycles. The molecule has 0 aliphatic rings. The number of benzene rings is 1. The Labute approximate surface area is 147 Å². The lowest BCUT2D eigenvalue weighted by Crippen LogP contribution is -2.23. The first-order valence-electron chi connectivity index (χ1n) is 8.09. The summed E-state index contributed by atoms with van der Waals surface area (Å²) < 4.78 is 0. The predicted molar refractivity (Wildman–Crippen MR) is 98.8 cm³/mol. The van der Waals surface area contributed by atoms with Crippen molar-refractivity contribution < 1.29 is 4.79 Å². The monoisotopic (exact) mass is 332 g/mol. The molecular formula is C20H20N4O. The SMILES string of the molecule is Cc1ccc(Nc2ccc(C(=O)NCc3cccnc3)nc2)cc1C. The first-order valence-corrected chi connectivity index (χ1v) is 8.09. The van der Waals surface area contributed by atoms with E-state index in [1.54, 1.807) is 24.7 Å². The molecule has 2 heterocycles. The molecule has 0 fully saturated rings. The van der Waals surface area contributed by atoms with E-state index in [9.17, 15) is 4.79 Å². The van der Waals surface area contributed by atoms with E-state index >= 15 is 0 Å². The van der Waals surface area contributed by atoms with Gasteiger partial charge in [0.05, 0.1) is 11.9 Å². The number of carbonyl (C=O) groups is 1. The fraction of sp³-hybridized carbons (Fsp3) is 0.150. The van der Waals surface area contributed by atoms with Crippen molar-refractivity contribution in [1.82, 2.24) is 15.3 Å². The maximum atomic E-state index is 12.2. The number of pyridine rings is 2. The van der Waals surface area contributed by atoms with Crippen molar-refractivity contribution in [2.75, 3.05) is 5.32 Å². The number of anilines is 2. The van der Waals surface area contributed by atoms with Gasteiger partial charge in [-0.2, -0.15) is 0 Å². The van der Waals surface area contributed by atoms with Gasteiger partial charge in [-0.05, 0) is 60.9 Å². The van der Waals surface area contributed by atoms with E-state index in [1.807, 2.05) is 24.3 Å². The average molecular weight is 332 g/mol. The van der Waals surface area contributed by atoms with Crippen molar-refractivity contribution in [3.8, 4) is 0 Å². The van der Waals surface area contributed by atoms with Gasteiger partial charge in [0.1, 0.15) is 5.69 Å². The van der Waals surface area contributed by atoms with Crippen LogP contribution in [0.3, 0.4) is 0 Å². The zero-order chi connectivity index (χ0) is 17.6. The van der Waals surface area contributed by atoms with Crippen LogP contribution in [0, 0.1) is 13.8 Å². The maximum Gasteiger partial charge on any atom is 0.270 e. The maximum absolute atomic E-state index is 12.2. The first-order chi connectivity index (χ1) is 12.1. The fourth-order valence-electron chi connectivity index (χ4n) is 2.36. The van der Waals surface area contributed by atoms with Gasteiger partial charge in [0.2, 0.25) is 0 Å². The van der Waals surface area contributed by atoms with Gasteiger partial charge in [0.25, 0.3) is 5.91 Å². The molecule has 25 heavy (non-hydrogen) atoms. The number of carbonyl (C=O) groups excluding carboxylic acids is 1. The minimum atomic E-state index is -0.207. The Bertz CT molecular complexity index is 861. The third-order valence-corrected chi connectivity index (χ3v) is 3.97. The second kappa shape index (κ2) is 7.57. The largest absolute Gasteiger partial charge is 0.354 e. The number of rotatable bonds is 5. The van der Waals surface area contributed by atoms with Crippen LogP contribution >= 0.6 is 0 Å². The average Bonchev–Trinajstić information content (AvgIpc) is 2.64. The van der Waals surface area contributed by atoms with Gasteiger partial charge in [0.15, 0.2) is 0 Å². The molecule has 126 valence electrons. The topological polar surface area (TPSA) is 66.9 Å². The lowest BCUT2D eigenvalue weighted by molar-refractivity contribution is 0.0946. The third-order valence-electron chi connectivity index (χ3n) is 3.97. The van der Waals surface area contributed by atoms with Crippen LogP contribution in [0.5, 0.6) is 0 Å². The normalized spacial score (nSPS) is 10.3. The molecule has 2 aromatic heterocycles. The number of hydrogen-bond acceptors (Lipinski definition) is 4. The molecule has 0 unspecified atom stereocenters. The molecule has 5 heteroatoms. The molecule has 0 bridgehead atoms. The number of nitrogens with one attached hydrogen (secondary N) is 2. The van der Waals surface area contributed by atoms with Crippen molar-refractivity contribution in [2.45, 2.75) is 20.4 Å². The third kappa shape index (κ3) is 4.41. The summed E-state index contributed by atoms with van der Waals surface area (Å²) in [6.07, 6.45) is 5.09. The van der Waals surface area contributed by atoms with Crippen LogP contribution < -0.4 is 10.6 Å². The van der Waals surface area contributed by atoms with E-state index in [-0.39, 0.29) is 5.91 Å². The van der Waals surface area contributed by atoms with Crippen LogP contribution in [0.2, 0.25) is 0 Å². The number of nitrogens with zero attached hydrogens (tertiary/aromatic N) is 2. The summed E-state index contributed by atoms with van der Waals surface area (Å²) in [7, 11) is 0. The zero-order valence-corrected chi connectivity index (χ0v) is 14.3. The molecule has 0 atom stereocenters. The summed E-state index contributed by atoms with van der Waals surface area (Å²) in [5.74, 6) is -0.207. The van der Waals surface area contributed by atoms with Crippen molar-refractivity contribution in [1.29, 1.82) is 0 Å². The van der Waals surface area contributed by atoms with Crippen LogP contribution in [-0.2, 0) is 6.54 Å². The smallest absolute Gasteiger partial charge is 0.270 e. The van der Waals surface area contributed by atoms with Crippen molar-refractivity contribution in [2.24, 2.45) is 0 Å². The van der Waals surface area contributed by atoms with Crippen molar-refractivity contribution in [3.63, 3.8) is 0 Å². The van der Waals surface area contributed by atoms with Gasteiger partial charge in [-0.1, -0.05) is 12.1 Å². The lowest BCUT2D eigenvalue weighted by Gasteiger charge is -2.09. The summed E-state index contributed by atoms with van der Waals surface area (Å²) in [6.45, 7) is 4.59. The molecule has 3 aromatic rings. The number of aryl methyl sites for hydroxylation is 2. The van der Waals surface area contributed by atoms with Crippen LogP contribution in [0.15, 0.2) is 61.1 Å². The summed E-state index contributed by atoms with van der Waals surface area (Å²) >= 11 is 0. The highest BCUT2D eigenvalue weighted by Gasteiger charge is 2.07. The van der Waals surface area contributed by atoms with E-state index in [4.69, 9.17) is 0 Å². The Morgan fingerprint density at radius 3 is 2.52 bits per heavy atom. The predicted octanol–water partition coefficient (Wildman–Crippen LogP) is 3.77. The molecule has 0 aliphatic carbocycles. The van der Waals surface area contributed by atoms with Gasteiger partial charge < -0.3 is 10.6 Å². The van der Waals surface area contributed by atoms with Gasteiger partial charge >= 0.3 is 0 Å². The summed E-state index contributed by atoms with van der Waals surface area (Å²) in [6, 6.07) is 13.5. The highest BCUT2D eigenvalue weighted by Crippen LogP contribution is 2.19. The molecule has 1 amide bonds. The number of hydrogen-bond donors (Lipinski definition) is 2. The van der Waals surface area contributed by atoms with E-state index < -0.39 is 0 Å². The number of aromatic nitrogens is 2. The second-order valence-electron chi connectivity index (χ2n) is 5.90. The van der Waals surface area contributed by atoms with Crippen molar-refractivity contribution >= 4 is 17.3 Å². The Balaban J connectivity index is 1.61. The van der Waals surface area contributed by atoms with E-state index in [0.29, 0.717) is 12.2 Å². The second-order valence-corrected chi connectivity index (χ2v) is 5.90. The minimum Gasteiger partial charge on any atom is -0.354 e. The van der Waals surface area contributed by atoms with Gasteiger partial charge in [-0.15, -0.1) is 0 Å². The van der Waals surface area contributed by atoms with Gasteiger partial charge in [-0.3, -0.25) is 9.78 Å². The molecule has 0 aliphatic heterocycles. The summed E-state index contributed by atoms with van der Waals surface area (Å²) in [4.78, 5) is 20.4. The lowest BCUT2D eigenvalue weighted by atomic mass is 10.1. The Kier molecular flexibility index (Phi) is 5.04. The van der Waals surface area contributed by atoms with E-state index in [1.165, 1.54) is 11.1 Å². The zero-order valence-electron chi connectivity index (χ0n) is 14.3. The van der Waals surface area contributed by atoms with Crippen molar-refractivity contribution in [3.05, 3.63) is 83.4 Å². The molecule has 0 spiro atoms. The minimum absolute atomic E-state index is 0.207. The van der Waals surface area contributed by atoms with Gasteiger partial charge in [0, 0.05) is 24.6 Å².